The van der Waals surface area contributed by atoms with E-state index in [1.165, 1.54) is 30.0 Å². The van der Waals surface area contributed by atoms with Crippen molar-refractivity contribution in [2.24, 2.45) is 5.92 Å². The lowest BCUT2D eigenvalue weighted by atomic mass is 10.0. The molecule has 12 heteroatoms. The van der Waals surface area contributed by atoms with Gasteiger partial charge in [0.2, 0.25) is 5.91 Å². The maximum Gasteiger partial charge on any atom is 0.271 e. The van der Waals surface area contributed by atoms with Crippen molar-refractivity contribution >= 4 is 46.6 Å². The summed E-state index contributed by atoms with van der Waals surface area (Å²) in [6.45, 7) is 8.36. The van der Waals surface area contributed by atoms with Crippen LogP contribution in [-0.2, 0) is 11.3 Å². The van der Waals surface area contributed by atoms with Crippen LogP contribution in [0.15, 0.2) is 47.6 Å². The first-order valence-corrected chi connectivity index (χ1v) is 12.6. The molecular formula is C24H27ClN6O4S. The van der Waals surface area contributed by atoms with Gasteiger partial charge < -0.3 is 15.2 Å². The van der Waals surface area contributed by atoms with E-state index in [4.69, 9.17) is 11.6 Å². The number of halogens is 1. The number of nitro groups is 1. The van der Waals surface area contributed by atoms with E-state index < -0.39 is 16.9 Å². The number of thioether (sulfide) groups is 1. The van der Waals surface area contributed by atoms with Crippen LogP contribution in [0.5, 0.6) is 0 Å². The Labute approximate surface area is 218 Å². The smallest absolute Gasteiger partial charge is 0.271 e. The molecule has 0 aliphatic heterocycles. The number of nitrogens with one attached hydrogen (secondary N) is 2. The molecule has 2 aromatic carbocycles. The Bertz CT molecular complexity index is 1280. The van der Waals surface area contributed by atoms with Gasteiger partial charge in [-0.05, 0) is 38.0 Å². The zero-order valence-electron chi connectivity index (χ0n) is 20.3. The summed E-state index contributed by atoms with van der Waals surface area (Å²) < 4.78 is 1.86. The van der Waals surface area contributed by atoms with Crippen LogP contribution in [0.1, 0.15) is 48.6 Å². The molecule has 0 fully saturated rings. The molecule has 1 atom stereocenters. The molecule has 36 heavy (non-hydrogen) atoms. The molecule has 0 spiro atoms. The minimum absolute atomic E-state index is 0.0147. The number of hydrogen-bond donors (Lipinski definition) is 2. The molecule has 0 saturated heterocycles. The molecule has 0 aliphatic rings. The fourth-order valence-corrected chi connectivity index (χ4v) is 4.49. The lowest BCUT2D eigenvalue weighted by molar-refractivity contribution is -0.384. The highest BCUT2D eigenvalue weighted by molar-refractivity contribution is 7.99. The third kappa shape index (κ3) is 6.61. The van der Waals surface area contributed by atoms with Crippen LogP contribution >= 0.6 is 23.4 Å². The number of carbonyl (C=O) groups excluding carboxylic acids is 2. The summed E-state index contributed by atoms with van der Waals surface area (Å²) in [5.74, 6) is 0.0101. The minimum atomic E-state index is -0.561. The van der Waals surface area contributed by atoms with Crippen molar-refractivity contribution in [1.29, 1.82) is 0 Å². The van der Waals surface area contributed by atoms with Gasteiger partial charge in [-0.2, -0.15) is 0 Å². The molecule has 3 rings (SSSR count). The first-order valence-electron chi connectivity index (χ1n) is 11.3. The number of amides is 2. The van der Waals surface area contributed by atoms with Gasteiger partial charge in [-0.3, -0.25) is 19.7 Å². The SMILES string of the molecule is CCn1c(SCC(=O)Nc2cc([N+](=O)[O-])ccc2Cl)nnc1[C@H](NC(=O)c1cccc(C)c1)C(C)C. The van der Waals surface area contributed by atoms with Gasteiger partial charge in [0.25, 0.3) is 11.6 Å². The lowest BCUT2D eigenvalue weighted by Gasteiger charge is -2.22. The molecule has 0 radical (unpaired) electrons. The quantitative estimate of drug-likeness (QED) is 0.213. The van der Waals surface area contributed by atoms with E-state index in [0.29, 0.717) is 23.1 Å². The number of aryl methyl sites for hydroxylation is 1. The Morgan fingerprint density at radius 1 is 1.19 bits per heavy atom. The molecule has 0 saturated carbocycles. The van der Waals surface area contributed by atoms with Crippen molar-refractivity contribution in [2.45, 2.75) is 45.4 Å². The highest BCUT2D eigenvalue weighted by Gasteiger charge is 2.26. The largest absolute Gasteiger partial charge is 0.342 e. The van der Waals surface area contributed by atoms with Crippen LogP contribution < -0.4 is 10.6 Å². The van der Waals surface area contributed by atoms with Crippen LogP contribution in [-0.4, -0.2) is 37.3 Å². The van der Waals surface area contributed by atoms with Crippen molar-refractivity contribution in [1.82, 2.24) is 20.1 Å². The third-order valence-electron chi connectivity index (χ3n) is 5.34. The molecular weight excluding hydrogens is 504 g/mol. The molecule has 0 unspecified atom stereocenters. The average Bonchev–Trinajstić information content (AvgIpc) is 3.24. The number of benzene rings is 2. The van der Waals surface area contributed by atoms with Gasteiger partial charge in [-0.15, -0.1) is 10.2 Å². The Hall–Kier alpha value is -3.44. The number of nitrogens with zero attached hydrogens (tertiary/aromatic N) is 4. The zero-order valence-corrected chi connectivity index (χ0v) is 21.9. The van der Waals surface area contributed by atoms with Crippen LogP contribution in [0.25, 0.3) is 0 Å². The number of aromatic nitrogens is 3. The summed E-state index contributed by atoms with van der Waals surface area (Å²) in [7, 11) is 0. The summed E-state index contributed by atoms with van der Waals surface area (Å²) >= 11 is 7.24. The van der Waals surface area contributed by atoms with E-state index in [9.17, 15) is 19.7 Å². The van der Waals surface area contributed by atoms with Crippen molar-refractivity contribution in [3.8, 4) is 0 Å². The van der Waals surface area contributed by atoms with E-state index in [1.54, 1.807) is 6.07 Å². The van der Waals surface area contributed by atoms with E-state index >= 15 is 0 Å². The first kappa shape index (κ1) is 27.2. The number of anilines is 1. The van der Waals surface area contributed by atoms with Gasteiger partial charge in [0.15, 0.2) is 11.0 Å². The zero-order chi connectivity index (χ0) is 26.4. The summed E-state index contributed by atoms with van der Waals surface area (Å²) in [6, 6.07) is 10.8. The number of rotatable bonds is 10. The summed E-state index contributed by atoms with van der Waals surface area (Å²) in [4.78, 5) is 35.9. The Morgan fingerprint density at radius 3 is 2.58 bits per heavy atom. The van der Waals surface area contributed by atoms with Gasteiger partial charge in [-0.25, -0.2) is 0 Å². The second kappa shape index (κ2) is 12.0. The molecule has 2 N–H and O–H groups in total. The van der Waals surface area contributed by atoms with Gasteiger partial charge in [0.05, 0.1) is 27.4 Å². The Kier molecular flexibility index (Phi) is 9.05. The minimum Gasteiger partial charge on any atom is -0.342 e. The van der Waals surface area contributed by atoms with Crippen molar-refractivity contribution in [2.75, 3.05) is 11.1 Å². The fraction of sp³-hybridized carbons (Fsp3) is 0.333. The normalized spacial score (nSPS) is 11.8. The van der Waals surface area contributed by atoms with E-state index in [2.05, 4.69) is 20.8 Å². The maximum atomic E-state index is 12.9. The second-order valence-electron chi connectivity index (χ2n) is 8.41. The number of carbonyl (C=O) groups is 2. The van der Waals surface area contributed by atoms with E-state index in [-0.39, 0.29) is 34.0 Å². The molecule has 3 aromatic rings. The molecule has 1 aromatic heterocycles. The van der Waals surface area contributed by atoms with Gasteiger partial charge in [-0.1, -0.05) is 54.9 Å². The molecule has 10 nitrogen and oxygen atoms in total. The molecule has 190 valence electrons. The number of hydrogen-bond acceptors (Lipinski definition) is 7. The Balaban J connectivity index is 1.73. The standard InChI is InChI=1S/C24H27ClN6O4S/c1-5-30-22(21(14(2)3)27-23(33)16-8-6-7-15(4)11-16)28-29-24(30)36-13-20(32)26-19-12-17(31(34)35)9-10-18(19)25/h6-12,14,21H,5,13H2,1-4H3,(H,26,32)(H,27,33)/t21-/m1/s1. The van der Waals surface area contributed by atoms with Crippen molar-refractivity contribution in [3.63, 3.8) is 0 Å². The summed E-state index contributed by atoms with van der Waals surface area (Å²) in [5.41, 5.74) is 1.54. The monoisotopic (exact) mass is 530 g/mol. The highest BCUT2D eigenvalue weighted by atomic mass is 35.5. The molecule has 2 amide bonds. The van der Waals surface area contributed by atoms with Gasteiger partial charge in [0.1, 0.15) is 0 Å². The average molecular weight is 531 g/mol. The Morgan fingerprint density at radius 2 is 1.94 bits per heavy atom. The number of nitro benzene ring substituents is 1. The predicted octanol–water partition coefficient (Wildman–Crippen LogP) is 5.03. The summed E-state index contributed by atoms with van der Waals surface area (Å²) in [5, 5.41) is 26.0. The maximum absolute atomic E-state index is 12.9. The lowest BCUT2D eigenvalue weighted by Crippen LogP contribution is -2.33. The molecule has 1 heterocycles. The highest BCUT2D eigenvalue weighted by Crippen LogP contribution is 2.28. The molecule has 0 aliphatic carbocycles. The first-order chi connectivity index (χ1) is 17.1. The third-order valence-corrected chi connectivity index (χ3v) is 6.64. The van der Waals surface area contributed by atoms with Gasteiger partial charge >= 0.3 is 0 Å². The van der Waals surface area contributed by atoms with Crippen molar-refractivity contribution < 1.29 is 14.5 Å². The van der Waals surface area contributed by atoms with Gasteiger partial charge in [0, 0.05) is 24.2 Å². The van der Waals surface area contributed by atoms with Crippen LogP contribution in [0.3, 0.4) is 0 Å². The fourth-order valence-electron chi connectivity index (χ4n) is 3.51. The van der Waals surface area contributed by atoms with E-state index in [0.717, 1.165) is 5.56 Å². The van der Waals surface area contributed by atoms with Crippen molar-refractivity contribution in [3.05, 3.63) is 74.6 Å². The van der Waals surface area contributed by atoms with Crippen LogP contribution in [0.4, 0.5) is 11.4 Å². The number of non-ortho nitro benzene ring substituents is 1. The predicted molar refractivity (Wildman–Crippen MR) is 139 cm³/mol. The molecule has 0 bridgehead atoms. The van der Waals surface area contributed by atoms with Crippen LogP contribution in [0.2, 0.25) is 5.02 Å². The topological polar surface area (TPSA) is 132 Å². The van der Waals surface area contributed by atoms with Crippen LogP contribution in [0, 0.1) is 23.0 Å². The second-order valence-corrected chi connectivity index (χ2v) is 9.76. The summed E-state index contributed by atoms with van der Waals surface area (Å²) in [6.07, 6.45) is 0. The van der Waals surface area contributed by atoms with E-state index in [1.807, 2.05) is 50.5 Å².